The Hall–Kier alpha value is -1.42. The number of nitrogens with one attached hydrogen (secondary N) is 1. The highest BCUT2D eigenvalue weighted by molar-refractivity contribution is 5.35. The maximum Gasteiger partial charge on any atom is 0.269 e. The van der Waals surface area contributed by atoms with Crippen molar-refractivity contribution < 1.29 is 4.92 Å². The third-order valence-corrected chi connectivity index (χ3v) is 4.02. The molecule has 0 spiro atoms. The molecule has 1 aliphatic carbocycles. The van der Waals surface area contributed by atoms with Crippen LogP contribution in [0, 0.1) is 16.0 Å². The number of hydrogen-bond donors (Lipinski definition) is 1. The molecule has 0 aliphatic heterocycles. The molecular formula is C15H22N2O2. The van der Waals surface area contributed by atoms with Gasteiger partial charge in [-0.05, 0) is 37.3 Å². The van der Waals surface area contributed by atoms with Crippen LogP contribution in [0.4, 0.5) is 5.69 Å². The quantitative estimate of drug-likeness (QED) is 0.626. The van der Waals surface area contributed by atoms with Crippen LogP contribution in [-0.4, -0.2) is 11.5 Å². The monoisotopic (exact) mass is 262 g/mol. The highest BCUT2D eigenvalue weighted by Crippen LogP contribution is 2.26. The van der Waals surface area contributed by atoms with E-state index >= 15 is 0 Å². The van der Waals surface area contributed by atoms with Crippen LogP contribution in [0.5, 0.6) is 0 Å². The third kappa shape index (κ3) is 3.77. The van der Waals surface area contributed by atoms with Crippen molar-refractivity contribution in [3.8, 4) is 0 Å². The molecule has 19 heavy (non-hydrogen) atoms. The zero-order chi connectivity index (χ0) is 13.7. The number of nitrogens with zero attached hydrogens (tertiary/aromatic N) is 1. The van der Waals surface area contributed by atoms with Gasteiger partial charge in [0.05, 0.1) is 4.92 Å². The van der Waals surface area contributed by atoms with Crippen molar-refractivity contribution in [1.29, 1.82) is 0 Å². The highest BCUT2D eigenvalue weighted by atomic mass is 16.6. The van der Waals surface area contributed by atoms with E-state index in [2.05, 4.69) is 12.2 Å². The van der Waals surface area contributed by atoms with Crippen LogP contribution in [0.15, 0.2) is 24.3 Å². The largest absolute Gasteiger partial charge is 0.310 e. The van der Waals surface area contributed by atoms with Crippen LogP contribution >= 0.6 is 0 Å². The molecular weight excluding hydrogens is 240 g/mol. The van der Waals surface area contributed by atoms with Crippen molar-refractivity contribution in [3.63, 3.8) is 0 Å². The van der Waals surface area contributed by atoms with E-state index in [0.29, 0.717) is 0 Å². The van der Waals surface area contributed by atoms with E-state index in [1.54, 1.807) is 18.2 Å². The molecule has 0 amide bonds. The summed E-state index contributed by atoms with van der Waals surface area (Å²) < 4.78 is 0. The normalized spacial score (nSPS) is 17.5. The second kappa shape index (κ2) is 6.66. The second-order valence-corrected chi connectivity index (χ2v) is 5.37. The Kier molecular flexibility index (Phi) is 4.91. The predicted molar refractivity (Wildman–Crippen MR) is 76.1 cm³/mol. The Bertz CT molecular complexity index is 428. The zero-order valence-electron chi connectivity index (χ0n) is 11.5. The van der Waals surface area contributed by atoms with Gasteiger partial charge in [-0.15, -0.1) is 0 Å². The minimum absolute atomic E-state index is 0.179. The Morgan fingerprint density at radius 2 is 2.16 bits per heavy atom. The summed E-state index contributed by atoms with van der Waals surface area (Å²) in [5, 5.41) is 14.4. The lowest BCUT2D eigenvalue weighted by Gasteiger charge is -2.20. The lowest BCUT2D eigenvalue weighted by atomic mass is 10.0. The van der Waals surface area contributed by atoms with Crippen LogP contribution in [0.25, 0.3) is 0 Å². The molecule has 104 valence electrons. The molecule has 1 aromatic carbocycles. The van der Waals surface area contributed by atoms with Gasteiger partial charge in [0.25, 0.3) is 5.69 Å². The number of nitro benzene ring substituents is 1. The Labute approximate surface area is 114 Å². The van der Waals surface area contributed by atoms with Gasteiger partial charge in [-0.25, -0.2) is 0 Å². The molecule has 1 fully saturated rings. The first kappa shape index (κ1) is 14.0. The average molecular weight is 262 g/mol. The van der Waals surface area contributed by atoms with Crippen molar-refractivity contribution in [2.75, 3.05) is 6.54 Å². The Morgan fingerprint density at radius 3 is 2.79 bits per heavy atom. The molecule has 1 atom stereocenters. The molecule has 0 radical (unpaired) electrons. The van der Waals surface area contributed by atoms with Crippen molar-refractivity contribution in [1.82, 2.24) is 5.32 Å². The van der Waals surface area contributed by atoms with Crippen molar-refractivity contribution in [2.45, 2.75) is 45.1 Å². The summed E-state index contributed by atoms with van der Waals surface area (Å²) in [5.41, 5.74) is 1.20. The number of non-ortho nitro benzene ring substituents is 1. The molecule has 0 aromatic heterocycles. The highest BCUT2D eigenvalue weighted by Gasteiger charge is 2.18. The molecule has 1 N–H and O–H groups in total. The fourth-order valence-corrected chi connectivity index (χ4v) is 2.88. The molecule has 0 saturated heterocycles. The van der Waals surface area contributed by atoms with Gasteiger partial charge in [-0.2, -0.15) is 0 Å². The molecule has 0 bridgehead atoms. The van der Waals surface area contributed by atoms with Crippen LogP contribution in [-0.2, 0) is 0 Å². The molecule has 4 nitrogen and oxygen atoms in total. The topological polar surface area (TPSA) is 55.2 Å². The van der Waals surface area contributed by atoms with E-state index in [1.807, 2.05) is 6.07 Å². The summed E-state index contributed by atoms with van der Waals surface area (Å²) in [6, 6.07) is 7.21. The van der Waals surface area contributed by atoms with Gasteiger partial charge in [0.1, 0.15) is 0 Å². The van der Waals surface area contributed by atoms with Crippen molar-refractivity contribution >= 4 is 5.69 Å². The summed E-state index contributed by atoms with van der Waals surface area (Å²) in [4.78, 5) is 10.5. The summed E-state index contributed by atoms with van der Waals surface area (Å²) in [6.45, 7) is 3.15. The summed E-state index contributed by atoms with van der Waals surface area (Å²) in [7, 11) is 0. The molecule has 1 saturated carbocycles. The van der Waals surface area contributed by atoms with Crippen molar-refractivity contribution in [2.24, 2.45) is 5.92 Å². The average Bonchev–Trinajstić information content (AvgIpc) is 2.93. The van der Waals surface area contributed by atoms with Gasteiger partial charge in [0, 0.05) is 18.2 Å². The second-order valence-electron chi connectivity index (χ2n) is 5.37. The molecule has 2 rings (SSSR count). The van der Waals surface area contributed by atoms with E-state index in [4.69, 9.17) is 0 Å². The van der Waals surface area contributed by atoms with Gasteiger partial charge in [-0.3, -0.25) is 10.1 Å². The Balaban J connectivity index is 1.99. The SMILES string of the molecule is CCC(NCC1CCCC1)c1cccc([N+](=O)[O-])c1. The molecule has 1 aliphatic rings. The maximum atomic E-state index is 10.8. The lowest BCUT2D eigenvalue weighted by Crippen LogP contribution is -2.26. The molecule has 1 aromatic rings. The third-order valence-electron chi connectivity index (χ3n) is 4.02. The lowest BCUT2D eigenvalue weighted by molar-refractivity contribution is -0.384. The first-order valence-electron chi connectivity index (χ1n) is 7.18. The van der Waals surface area contributed by atoms with Gasteiger partial charge < -0.3 is 5.32 Å². The van der Waals surface area contributed by atoms with Crippen LogP contribution in [0.3, 0.4) is 0 Å². The standard InChI is InChI=1S/C15H22N2O2/c1-2-15(16-11-12-6-3-4-7-12)13-8-5-9-14(10-13)17(18)19/h5,8-10,12,15-16H,2-4,6-7,11H2,1H3. The van der Waals surface area contributed by atoms with Gasteiger partial charge >= 0.3 is 0 Å². The van der Waals surface area contributed by atoms with Crippen LogP contribution in [0.2, 0.25) is 0 Å². The van der Waals surface area contributed by atoms with E-state index in [-0.39, 0.29) is 16.7 Å². The summed E-state index contributed by atoms with van der Waals surface area (Å²) >= 11 is 0. The number of rotatable bonds is 6. The van der Waals surface area contributed by atoms with E-state index in [0.717, 1.165) is 24.4 Å². The summed E-state index contributed by atoms with van der Waals surface area (Å²) in [5.74, 6) is 0.785. The predicted octanol–water partition coefficient (Wildman–Crippen LogP) is 3.83. The van der Waals surface area contributed by atoms with Gasteiger partial charge in [0.15, 0.2) is 0 Å². The number of benzene rings is 1. The van der Waals surface area contributed by atoms with Gasteiger partial charge in [-0.1, -0.05) is 31.9 Å². The fourth-order valence-electron chi connectivity index (χ4n) is 2.88. The van der Waals surface area contributed by atoms with E-state index < -0.39 is 0 Å². The number of nitro groups is 1. The Morgan fingerprint density at radius 1 is 1.42 bits per heavy atom. The minimum Gasteiger partial charge on any atom is -0.310 e. The van der Waals surface area contributed by atoms with E-state index in [1.165, 1.54) is 25.7 Å². The van der Waals surface area contributed by atoms with Gasteiger partial charge in [0.2, 0.25) is 0 Å². The maximum absolute atomic E-state index is 10.8. The number of hydrogen-bond acceptors (Lipinski definition) is 3. The first-order chi connectivity index (χ1) is 9.20. The fraction of sp³-hybridized carbons (Fsp3) is 0.600. The van der Waals surface area contributed by atoms with Crippen LogP contribution < -0.4 is 5.32 Å². The smallest absolute Gasteiger partial charge is 0.269 e. The molecule has 0 heterocycles. The van der Waals surface area contributed by atoms with Crippen molar-refractivity contribution in [3.05, 3.63) is 39.9 Å². The zero-order valence-corrected chi connectivity index (χ0v) is 11.5. The van der Waals surface area contributed by atoms with E-state index in [9.17, 15) is 10.1 Å². The minimum atomic E-state index is -0.326. The first-order valence-corrected chi connectivity index (χ1v) is 7.18. The molecule has 1 unspecified atom stereocenters. The van der Waals surface area contributed by atoms with Crippen LogP contribution in [0.1, 0.15) is 50.6 Å². The molecule has 4 heteroatoms. The summed E-state index contributed by atoms with van der Waals surface area (Å²) in [6.07, 6.45) is 6.28.